The minimum Gasteiger partial charge on any atom is -0.459 e. The van der Waals surface area contributed by atoms with E-state index in [9.17, 15) is 14.4 Å². The van der Waals surface area contributed by atoms with Gasteiger partial charge in [0.15, 0.2) is 12.4 Å². The molecule has 0 bridgehead atoms. The van der Waals surface area contributed by atoms with Gasteiger partial charge in [-0.05, 0) is 24.3 Å². The quantitative estimate of drug-likeness (QED) is 0.761. The highest BCUT2D eigenvalue weighted by atomic mass is 35.5. The van der Waals surface area contributed by atoms with Crippen LogP contribution in [-0.2, 0) is 14.3 Å². The molecule has 24 heavy (non-hydrogen) atoms. The van der Waals surface area contributed by atoms with Gasteiger partial charge < -0.3 is 19.8 Å². The SMILES string of the molecule is O=C(COC(=O)CNC(=O)c1ccco1)Nc1c(Cl)cccc1Cl. The second-order valence-electron chi connectivity index (χ2n) is 4.47. The van der Waals surface area contributed by atoms with E-state index in [0.717, 1.165) is 0 Å². The number of esters is 1. The third-order valence-electron chi connectivity index (χ3n) is 2.73. The van der Waals surface area contributed by atoms with E-state index in [-0.39, 0.29) is 21.5 Å². The van der Waals surface area contributed by atoms with Crippen LogP contribution in [0.2, 0.25) is 10.0 Å². The lowest BCUT2D eigenvalue weighted by molar-refractivity contribution is -0.146. The molecular formula is C15H12Cl2N2O5. The van der Waals surface area contributed by atoms with Crippen molar-refractivity contribution in [3.05, 3.63) is 52.4 Å². The van der Waals surface area contributed by atoms with Crippen molar-refractivity contribution in [3.8, 4) is 0 Å². The van der Waals surface area contributed by atoms with Crippen molar-refractivity contribution in [1.29, 1.82) is 0 Å². The Balaban J connectivity index is 1.75. The molecule has 0 radical (unpaired) electrons. The summed E-state index contributed by atoms with van der Waals surface area (Å²) in [7, 11) is 0. The van der Waals surface area contributed by atoms with Gasteiger partial charge in [0.05, 0.1) is 22.0 Å². The highest BCUT2D eigenvalue weighted by molar-refractivity contribution is 6.39. The number of rotatable bonds is 6. The predicted molar refractivity (Wildman–Crippen MR) is 87.1 cm³/mol. The summed E-state index contributed by atoms with van der Waals surface area (Å²) in [5.41, 5.74) is 0.230. The molecular weight excluding hydrogens is 359 g/mol. The third-order valence-corrected chi connectivity index (χ3v) is 3.36. The van der Waals surface area contributed by atoms with Crippen molar-refractivity contribution < 1.29 is 23.5 Å². The van der Waals surface area contributed by atoms with Gasteiger partial charge in [-0.2, -0.15) is 0 Å². The number of anilines is 1. The number of para-hydroxylation sites is 1. The number of hydrogen-bond donors (Lipinski definition) is 2. The molecule has 2 rings (SSSR count). The van der Waals surface area contributed by atoms with Crippen LogP contribution in [0.15, 0.2) is 41.0 Å². The smallest absolute Gasteiger partial charge is 0.325 e. The lowest BCUT2D eigenvalue weighted by Crippen LogP contribution is -2.32. The van der Waals surface area contributed by atoms with Gasteiger partial charge in [0.25, 0.3) is 11.8 Å². The lowest BCUT2D eigenvalue weighted by atomic mass is 10.3. The zero-order chi connectivity index (χ0) is 17.5. The first kappa shape index (κ1) is 17.8. The van der Waals surface area contributed by atoms with Gasteiger partial charge in [-0.15, -0.1) is 0 Å². The second-order valence-corrected chi connectivity index (χ2v) is 5.28. The zero-order valence-electron chi connectivity index (χ0n) is 12.2. The fraction of sp³-hybridized carbons (Fsp3) is 0.133. The number of hydrogen-bond acceptors (Lipinski definition) is 5. The number of carbonyl (C=O) groups is 3. The van der Waals surface area contributed by atoms with Gasteiger partial charge >= 0.3 is 5.97 Å². The number of furan rings is 1. The normalized spacial score (nSPS) is 10.1. The van der Waals surface area contributed by atoms with Gasteiger partial charge in [-0.3, -0.25) is 14.4 Å². The molecule has 0 saturated carbocycles. The Labute approximate surface area is 146 Å². The zero-order valence-corrected chi connectivity index (χ0v) is 13.7. The Morgan fingerprint density at radius 1 is 1.08 bits per heavy atom. The van der Waals surface area contributed by atoms with Crippen LogP contribution in [0.4, 0.5) is 5.69 Å². The molecule has 0 aliphatic rings. The van der Waals surface area contributed by atoms with E-state index >= 15 is 0 Å². The number of benzene rings is 1. The molecule has 9 heteroatoms. The summed E-state index contributed by atoms with van der Waals surface area (Å²) in [6.45, 7) is -0.948. The van der Waals surface area contributed by atoms with Crippen LogP contribution in [0.25, 0.3) is 0 Å². The molecule has 2 amide bonds. The van der Waals surface area contributed by atoms with Gasteiger partial charge in [0, 0.05) is 0 Å². The average molecular weight is 371 g/mol. The standard InChI is InChI=1S/C15H12Cl2N2O5/c16-9-3-1-4-10(17)14(9)19-12(20)8-24-13(21)7-18-15(22)11-5-2-6-23-11/h1-6H,7-8H2,(H,18,22)(H,19,20). The molecule has 2 N–H and O–H groups in total. The van der Waals surface area contributed by atoms with E-state index in [4.69, 9.17) is 32.4 Å². The number of nitrogens with one attached hydrogen (secondary N) is 2. The molecule has 1 aromatic carbocycles. The maximum Gasteiger partial charge on any atom is 0.325 e. The molecule has 126 valence electrons. The fourth-order valence-electron chi connectivity index (χ4n) is 1.64. The molecule has 0 spiro atoms. The van der Waals surface area contributed by atoms with Crippen LogP contribution >= 0.6 is 23.2 Å². The molecule has 2 aromatic rings. The minimum absolute atomic E-state index is 0.0638. The highest BCUT2D eigenvalue weighted by Crippen LogP contribution is 2.29. The maximum absolute atomic E-state index is 11.7. The molecule has 0 fully saturated rings. The van der Waals surface area contributed by atoms with E-state index in [1.807, 2.05) is 0 Å². The van der Waals surface area contributed by atoms with Gasteiger partial charge in [0.2, 0.25) is 0 Å². The fourth-order valence-corrected chi connectivity index (χ4v) is 2.13. The molecule has 7 nitrogen and oxygen atoms in total. The Hall–Kier alpha value is -2.51. The third kappa shape index (κ3) is 5.00. The number of halogens is 2. The summed E-state index contributed by atoms with van der Waals surface area (Å²) < 4.78 is 9.60. The van der Waals surface area contributed by atoms with Crippen molar-refractivity contribution in [2.24, 2.45) is 0 Å². The molecule has 1 aromatic heterocycles. The second kappa shape index (κ2) is 8.37. The monoisotopic (exact) mass is 370 g/mol. The molecule has 0 saturated heterocycles. The largest absolute Gasteiger partial charge is 0.459 e. The minimum atomic E-state index is -0.782. The Morgan fingerprint density at radius 2 is 1.79 bits per heavy atom. The maximum atomic E-state index is 11.7. The van der Waals surface area contributed by atoms with Crippen LogP contribution in [0.1, 0.15) is 10.6 Å². The van der Waals surface area contributed by atoms with Crippen LogP contribution in [0.3, 0.4) is 0 Å². The summed E-state index contributed by atoms with van der Waals surface area (Å²) in [6.07, 6.45) is 1.33. The topological polar surface area (TPSA) is 97.6 Å². The summed E-state index contributed by atoms with van der Waals surface area (Å²) in [5, 5.41) is 5.25. The van der Waals surface area contributed by atoms with E-state index in [1.54, 1.807) is 18.2 Å². The van der Waals surface area contributed by atoms with Gasteiger partial charge in [0.1, 0.15) is 6.54 Å². The van der Waals surface area contributed by atoms with Crippen molar-refractivity contribution in [2.45, 2.75) is 0 Å². The van der Waals surface area contributed by atoms with Crippen LogP contribution < -0.4 is 10.6 Å². The summed E-state index contributed by atoms with van der Waals surface area (Å²) >= 11 is 11.8. The van der Waals surface area contributed by atoms with Crippen molar-refractivity contribution in [2.75, 3.05) is 18.5 Å². The van der Waals surface area contributed by atoms with Crippen molar-refractivity contribution in [3.63, 3.8) is 0 Å². The van der Waals surface area contributed by atoms with Crippen molar-refractivity contribution >= 4 is 46.7 Å². The first-order valence-corrected chi connectivity index (χ1v) is 7.44. The van der Waals surface area contributed by atoms with Crippen LogP contribution in [-0.4, -0.2) is 30.9 Å². The molecule has 0 aliphatic heterocycles. The molecule has 1 heterocycles. The van der Waals surface area contributed by atoms with E-state index in [2.05, 4.69) is 10.6 Å². The van der Waals surface area contributed by atoms with Crippen LogP contribution in [0, 0.1) is 0 Å². The Bertz CT molecular complexity index is 726. The number of ether oxygens (including phenoxy) is 1. The van der Waals surface area contributed by atoms with Crippen molar-refractivity contribution in [1.82, 2.24) is 5.32 Å². The van der Waals surface area contributed by atoms with Gasteiger partial charge in [-0.1, -0.05) is 29.3 Å². The molecule has 0 unspecified atom stereocenters. The Kier molecular flexibility index (Phi) is 6.22. The van der Waals surface area contributed by atoms with Crippen LogP contribution in [0.5, 0.6) is 0 Å². The van der Waals surface area contributed by atoms with E-state index < -0.39 is 30.9 Å². The lowest BCUT2D eigenvalue weighted by Gasteiger charge is -2.09. The summed E-state index contributed by atoms with van der Waals surface area (Å²) in [6, 6.07) is 7.72. The van der Waals surface area contributed by atoms with E-state index in [1.165, 1.54) is 18.4 Å². The number of amides is 2. The highest BCUT2D eigenvalue weighted by Gasteiger charge is 2.14. The first-order chi connectivity index (χ1) is 11.5. The first-order valence-electron chi connectivity index (χ1n) is 6.68. The predicted octanol–water partition coefficient (Wildman–Crippen LogP) is 2.50. The molecule has 0 atom stereocenters. The Morgan fingerprint density at radius 3 is 2.42 bits per heavy atom. The average Bonchev–Trinajstić information content (AvgIpc) is 3.09. The van der Waals surface area contributed by atoms with Gasteiger partial charge in [-0.25, -0.2) is 0 Å². The summed E-state index contributed by atoms with van der Waals surface area (Å²) in [4.78, 5) is 34.8. The summed E-state index contributed by atoms with van der Waals surface area (Å²) in [5.74, 6) is -1.90. The number of carbonyl (C=O) groups excluding carboxylic acids is 3. The van der Waals surface area contributed by atoms with E-state index in [0.29, 0.717) is 0 Å². The molecule has 0 aliphatic carbocycles.